The Bertz CT molecular complexity index is 677. The first kappa shape index (κ1) is 16.7. The van der Waals surface area contributed by atoms with Crippen molar-refractivity contribution in [3.05, 3.63) is 52.9 Å². The maximum absolute atomic E-state index is 11.9. The molecule has 0 radical (unpaired) electrons. The summed E-state index contributed by atoms with van der Waals surface area (Å²) in [6.45, 7) is 4.94. The predicted molar refractivity (Wildman–Crippen MR) is 84.8 cm³/mol. The van der Waals surface area contributed by atoms with Crippen LogP contribution in [-0.2, 0) is 23.1 Å². The molecule has 0 aliphatic rings. The molecule has 2 N–H and O–H groups in total. The number of hydrogen-bond donors (Lipinski definition) is 2. The Labute approximate surface area is 131 Å². The lowest BCUT2D eigenvalue weighted by atomic mass is 10.2. The van der Waals surface area contributed by atoms with E-state index in [0.29, 0.717) is 19.6 Å². The van der Waals surface area contributed by atoms with E-state index in [-0.39, 0.29) is 5.75 Å². The largest absolute Gasteiger partial charge is 0.361 e. The zero-order valence-electron chi connectivity index (χ0n) is 12.8. The lowest BCUT2D eigenvalue weighted by Gasteiger charge is -2.08. The Morgan fingerprint density at radius 1 is 1.14 bits per heavy atom. The molecule has 0 bridgehead atoms. The first-order valence-electron chi connectivity index (χ1n) is 7.11. The summed E-state index contributed by atoms with van der Waals surface area (Å²) in [5, 5.41) is 6.97. The predicted octanol–water partition coefficient (Wildman–Crippen LogP) is 1.50. The fraction of sp³-hybridized carbons (Fsp3) is 0.400. The first-order valence-corrected chi connectivity index (χ1v) is 8.77. The van der Waals surface area contributed by atoms with Crippen molar-refractivity contribution in [2.24, 2.45) is 0 Å². The van der Waals surface area contributed by atoms with E-state index in [1.165, 1.54) is 0 Å². The van der Waals surface area contributed by atoms with Crippen LogP contribution in [0.15, 0.2) is 34.9 Å². The minimum absolute atomic E-state index is 0.0310. The highest BCUT2D eigenvalue weighted by molar-refractivity contribution is 7.89. The minimum Gasteiger partial charge on any atom is -0.361 e. The van der Waals surface area contributed by atoms with Gasteiger partial charge in [0.25, 0.3) is 0 Å². The molecule has 0 saturated heterocycles. The van der Waals surface area contributed by atoms with Crippen molar-refractivity contribution >= 4 is 10.0 Å². The van der Waals surface area contributed by atoms with Gasteiger partial charge in [0.2, 0.25) is 10.0 Å². The molecular weight excluding hydrogens is 302 g/mol. The number of sulfonamides is 1. The van der Waals surface area contributed by atoms with Gasteiger partial charge in [0.15, 0.2) is 0 Å². The van der Waals surface area contributed by atoms with Crippen molar-refractivity contribution in [1.82, 2.24) is 15.2 Å². The Kier molecular flexibility index (Phi) is 5.70. The van der Waals surface area contributed by atoms with Gasteiger partial charge in [-0.2, -0.15) is 0 Å². The Morgan fingerprint density at radius 2 is 1.86 bits per heavy atom. The molecular formula is C15H21N3O3S. The second-order valence-corrected chi connectivity index (χ2v) is 7.03. The summed E-state index contributed by atoms with van der Waals surface area (Å²) in [4.78, 5) is 0. The lowest BCUT2D eigenvalue weighted by Crippen LogP contribution is -2.31. The van der Waals surface area contributed by atoms with Gasteiger partial charge in [-0.05, 0) is 19.4 Å². The molecule has 0 atom stereocenters. The van der Waals surface area contributed by atoms with E-state index >= 15 is 0 Å². The summed E-state index contributed by atoms with van der Waals surface area (Å²) in [6, 6.07) is 9.44. The third kappa shape index (κ3) is 4.94. The molecule has 6 nitrogen and oxygen atoms in total. The molecule has 1 heterocycles. The Hall–Kier alpha value is -1.70. The van der Waals surface area contributed by atoms with Crippen molar-refractivity contribution in [2.45, 2.75) is 26.9 Å². The van der Waals surface area contributed by atoms with Crippen molar-refractivity contribution in [3.8, 4) is 0 Å². The molecule has 0 saturated carbocycles. The summed E-state index contributed by atoms with van der Waals surface area (Å²) in [7, 11) is -3.29. The van der Waals surface area contributed by atoms with Crippen LogP contribution in [-0.4, -0.2) is 25.9 Å². The van der Waals surface area contributed by atoms with Crippen LogP contribution in [0.3, 0.4) is 0 Å². The fourth-order valence-corrected chi connectivity index (χ4v) is 2.98. The highest BCUT2D eigenvalue weighted by Crippen LogP contribution is 2.11. The average molecular weight is 323 g/mol. The summed E-state index contributed by atoms with van der Waals surface area (Å²) in [5.74, 6) is 0.790. The van der Waals surface area contributed by atoms with Gasteiger partial charge in [-0.25, -0.2) is 13.1 Å². The zero-order chi connectivity index (χ0) is 16.0. The van der Waals surface area contributed by atoms with Crippen LogP contribution in [0.5, 0.6) is 0 Å². The topological polar surface area (TPSA) is 84.2 Å². The summed E-state index contributed by atoms with van der Waals surface area (Å²) < 4.78 is 31.5. The van der Waals surface area contributed by atoms with Gasteiger partial charge < -0.3 is 9.84 Å². The van der Waals surface area contributed by atoms with Crippen LogP contribution >= 0.6 is 0 Å². The van der Waals surface area contributed by atoms with E-state index in [2.05, 4.69) is 15.2 Å². The molecule has 2 aromatic rings. The number of aromatic nitrogens is 1. The molecule has 7 heteroatoms. The van der Waals surface area contributed by atoms with Gasteiger partial charge >= 0.3 is 0 Å². The average Bonchev–Trinajstić information content (AvgIpc) is 2.82. The van der Waals surface area contributed by atoms with E-state index < -0.39 is 10.0 Å². The summed E-state index contributed by atoms with van der Waals surface area (Å²) in [6.07, 6.45) is 0. The molecule has 1 aromatic carbocycles. The van der Waals surface area contributed by atoms with Gasteiger partial charge in [0.05, 0.1) is 11.4 Å². The fourth-order valence-electron chi connectivity index (χ4n) is 2.04. The molecule has 1 aromatic heterocycles. The number of benzene rings is 1. The maximum Gasteiger partial charge on any atom is 0.213 e. The maximum atomic E-state index is 11.9. The van der Waals surface area contributed by atoms with Crippen LogP contribution in [0, 0.1) is 13.8 Å². The van der Waals surface area contributed by atoms with Crippen molar-refractivity contribution in [1.29, 1.82) is 0 Å². The van der Waals surface area contributed by atoms with Crippen LogP contribution in [0.4, 0.5) is 0 Å². The van der Waals surface area contributed by atoms with Crippen LogP contribution < -0.4 is 10.0 Å². The number of nitrogens with zero attached hydrogens (tertiary/aromatic N) is 1. The Morgan fingerprint density at radius 3 is 2.50 bits per heavy atom. The quantitative estimate of drug-likeness (QED) is 0.719. The van der Waals surface area contributed by atoms with Gasteiger partial charge in [-0.1, -0.05) is 35.5 Å². The molecule has 0 aliphatic heterocycles. The van der Waals surface area contributed by atoms with Gasteiger partial charge in [-0.15, -0.1) is 0 Å². The normalized spacial score (nSPS) is 11.7. The zero-order valence-corrected chi connectivity index (χ0v) is 13.6. The standard InChI is InChI=1S/C15H21N3O3S/c1-12-15(13(2)21-18-12)11-16-8-9-22(19,20)17-10-14-6-4-3-5-7-14/h3-7,16-17H,8-11H2,1-2H3. The van der Waals surface area contributed by atoms with E-state index in [4.69, 9.17) is 4.52 Å². The Balaban J connectivity index is 1.73. The second kappa shape index (κ2) is 7.53. The minimum atomic E-state index is -3.29. The molecule has 0 unspecified atom stereocenters. The molecule has 0 amide bonds. The monoisotopic (exact) mass is 323 g/mol. The highest BCUT2D eigenvalue weighted by atomic mass is 32.2. The first-order chi connectivity index (χ1) is 10.5. The van der Waals surface area contributed by atoms with Crippen molar-refractivity contribution in [3.63, 3.8) is 0 Å². The van der Waals surface area contributed by atoms with Gasteiger partial charge in [0.1, 0.15) is 5.76 Å². The molecule has 2 rings (SSSR count). The molecule has 120 valence electrons. The number of hydrogen-bond acceptors (Lipinski definition) is 5. The second-order valence-electron chi connectivity index (χ2n) is 5.11. The highest BCUT2D eigenvalue weighted by Gasteiger charge is 2.11. The van der Waals surface area contributed by atoms with Crippen LogP contribution in [0.1, 0.15) is 22.6 Å². The van der Waals surface area contributed by atoms with E-state index in [0.717, 1.165) is 22.6 Å². The van der Waals surface area contributed by atoms with E-state index in [1.54, 1.807) is 0 Å². The molecule has 0 aliphatic carbocycles. The number of rotatable bonds is 8. The summed E-state index contributed by atoms with van der Waals surface area (Å²) in [5.41, 5.74) is 2.75. The third-order valence-electron chi connectivity index (χ3n) is 3.37. The van der Waals surface area contributed by atoms with Crippen LogP contribution in [0.2, 0.25) is 0 Å². The van der Waals surface area contributed by atoms with Crippen molar-refractivity contribution < 1.29 is 12.9 Å². The smallest absolute Gasteiger partial charge is 0.213 e. The lowest BCUT2D eigenvalue weighted by molar-refractivity contribution is 0.392. The van der Waals surface area contributed by atoms with E-state index in [1.807, 2.05) is 44.2 Å². The molecule has 0 spiro atoms. The third-order valence-corrected chi connectivity index (χ3v) is 4.70. The molecule has 22 heavy (non-hydrogen) atoms. The number of aryl methyl sites for hydroxylation is 2. The summed E-state index contributed by atoms with van der Waals surface area (Å²) >= 11 is 0. The van der Waals surface area contributed by atoms with Gasteiger partial charge in [-0.3, -0.25) is 0 Å². The van der Waals surface area contributed by atoms with E-state index in [9.17, 15) is 8.42 Å². The number of nitrogens with one attached hydrogen (secondary N) is 2. The SMILES string of the molecule is Cc1noc(C)c1CNCCS(=O)(=O)NCc1ccccc1. The van der Waals surface area contributed by atoms with Crippen LogP contribution in [0.25, 0.3) is 0 Å². The van der Waals surface area contributed by atoms with Gasteiger partial charge in [0, 0.05) is 25.2 Å². The van der Waals surface area contributed by atoms with Crippen molar-refractivity contribution in [2.75, 3.05) is 12.3 Å². The molecule has 0 fully saturated rings.